The lowest BCUT2D eigenvalue weighted by molar-refractivity contribution is -0.146. The van der Waals surface area contributed by atoms with Crippen LogP contribution in [0.2, 0.25) is 0 Å². The Hall–Kier alpha value is -3.19. The normalized spacial score (nSPS) is 15.5. The van der Waals surface area contributed by atoms with Gasteiger partial charge in [-0.25, -0.2) is 0 Å². The molecule has 0 aliphatic carbocycles. The quantitative estimate of drug-likeness (QED) is 0.489. The van der Waals surface area contributed by atoms with E-state index in [-0.39, 0.29) is 17.8 Å². The summed E-state index contributed by atoms with van der Waals surface area (Å²) in [7, 11) is 4.05. The molecule has 36 heavy (non-hydrogen) atoms. The van der Waals surface area contributed by atoms with Crippen LogP contribution >= 0.6 is 0 Å². The summed E-state index contributed by atoms with van der Waals surface area (Å²) >= 11 is 0. The van der Waals surface area contributed by atoms with Gasteiger partial charge in [-0.05, 0) is 74.3 Å². The van der Waals surface area contributed by atoms with Crippen molar-refractivity contribution in [3.63, 3.8) is 0 Å². The van der Waals surface area contributed by atoms with E-state index in [1.54, 1.807) is 4.90 Å². The SMILES string of the molecule is CC(=O)Oc1c(C)cc(NC(=O)[C@@H]2Cc3ccc(CN(C)C)cc3CN2C(=O)C(C)(C)C)c(C)c1C. The van der Waals surface area contributed by atoms with Crippen molar-refractivity contribution < 1.29 is 19.1 Å². The van der Waals surface area contributed by atoms with Gasteiger partial charge < -0.3 is 19.9 Å². The van der Waals surface area contributed by atoms with Gasteiger partial charge in [-0.15, -0.1) is 0 Å². The predicted octanol–water partition coefficient (Wildman–Crippen LogP) is 4.54. The van der Waals surface area contributed by atoms with Crippen molar-refractivity contribution in [3.05, 3.63) is 57.6 Å². The van der Waals surface area contributed by atoms with Gasteiger partial charge in [0.2, 0.25) is 11.8 Å². The average Bonchev–Trinajstić information content (AvgIpc) is 2.77. The number of rotatable bonds is 5. The summed E-state index contributed by atoms with van der Waals surface area (Å²) in [5, 5.41) is 3.07. The minimum Gasteiger partial charge on any atom is -0.426 e. The van der Waals surface area contributed by atoms with Gasteiger partial charge in [0, 0.05) is 37.5 Å². The van der Waals surface area contributed by atoms with Crippen molar-refractivity contribution in [2.24, 2.45) is 5.41 Å². The van der Waals surface area contributed by atoms with Crippen molar-refractivity contribution in [2.45, 2.75) is 74.0 Å². The molecule has 0 saturated heterocycles. The number of esters is 1. The van der Waals surface area contributed by atoms with Crippen LogP contribution < -0.4 is 10.1 Å². The van der Waals surface area contributed by atoms with E-state index in [1.807, 2.05) is 61.7 Å². The number of ether oxygens (including phenoxy) is 1. The molecule has 2 amide bonds. The third kappa shape index (κ3) is 5.95. The second kappa shape index (κ2) is 10.4. The fourth-order valence-electron chi connectivity index (χ4n) is 4.68. The summed E-state index contributed by atoms with van der Waals surface area (Å²) in [5.41, 5.74) is 5.77. The highest BCUT2D eigenvalue weighted by Crippen LogP contribution is 2.34. The molecule has 1 aliphatic rings. The second-order valence-electron chi connectivity index (χ2n) is 11.1. The molecule has 2 aromatic carbocycles. The minimum absolute atomic E-state index is 0.0550. The van der Waals surface area contributed by atoms with Gasteiger partial charge in [0.1, 0.15) is 11.8 Å². The molecule has 1 N–H and O–H groups in total. The van der Waals surface area contributed by atoms with E-state index in [0.717, 1.165) is 34.4 Å². The number of carbonyl (C=O) groups is 3. The van der Waals surface area contributed by atoms with Crippen molar-refractivity contribution in [1.82, 2.24) is 9.80 Å². The number of aryl methyl sites for hydroxylation is 1. The molecule has 0 unspecified atom stereocenters. The fourth-order valence-corrected chi connectivity index (χ4v) is 4.68. The summed E-state index contributed by atoms with van der Waals surface area (Å²) in [4.78, 5) is 42.5. The van der Waals surface area contributed by atoms with Crippen LogP contribution in [0.3, 0.4) is 0 Å². The number of nitrogens with one attached hydrogen (secondary N) is 1. The Labute approximate surface area is 214 Å². The van der Waals surface area contributed by atoms with Crippen LogP contribution in [0.4, 0.5) is 5.69 Å². The maximum Gasteiger partial charge on any atom is 0.308 e. The Morgan fingerprint density at radius 3 is 2.31 bits per heavy atom. The molecule has 7 nitrogen and oxygen atoms in total. The highest BCUT2D eigenvalue weighted by molar-refractivity contribution is 5.99. The Morgan fingerprint density at radius 1 is 1.06 bits per heavy atom. The smallest absolute Gasteiger partial charge is 0.308 e. The number of amides is 2. The van der Waals surface area contributed by atoms with Gasteiger partial charge in [-0.2, -0.15) is 0 Å². The zero-order chi connectivity index (χ0) is 26.9. The molecule has 0 aromatic heterocycles. The number of nitrogens with zero attached hydrogens (tertiary/aromatic N) is 2. The Bertz CT molecular complexity index is 1190. The first-order valence-corrected chi connectivity index (χ1v) is 12.4. The van der Waals surface area contributed by atoms with E-state index in [9.17, 15) is 14.4 Å². The lowest BCUT2D eigenvalue weighted by Crippen LogP contribution is -2.53. The summed E-state index contributed by atoms with van der Waals surface area (Å²) in [6.07, 6.45) is 0.452. The van der Waals surface area contributed by atoms with Crippen molar-refractivity contribution in [3.8, 4) is 5.75 Å². The van der Waals surface area contributed by atoms with Crippen LogP contribution in [0.15, 0.2) is 24.3 Å². The molecular weight excluding hydrogens is 454 g/mol. The van der Waals surface area contributed by atoms with Crippen molar-refractivity contribution in [1.29, 1.82) is 0 Å². The van der Waals surface area contributed by atoms with Gasteiger partial charge in [0.15, 0.2) is 0 Å². The van der Waals surface area contributed by atoms with E-state index in [2.05, 4.69) is 28.4 Å². The lowest BCUT2D eigenvalue weighted by atomic mass is 9.87. The number of anilines is 1. The third-order valence-corrected chi connectivity index (χ3v) is 6.63. The molecule has 0 saturated carbocycles. The summed E-state index contributed by atoms with van der Waals surface area (Å²) in [6, 6.07) is 7.52. The molecule has 1 heterocycles. The van der Waals surface area contributed by atoms with E-state index < -0.39 is 11.5 Å². The first kappa shape index (κ1) is 27.4. The number of hydrogen-bond acceptors (Lipinski definition) is 5. The van der Waals surface area contributed by atoms with E-state index in [4.69, 9.17) is 4.74 Å². The van der Waals surface area contributed by atoms with E-state index in [1.165, 1.54) is 12.5 Å². The standard InChI is InChI=1S/C29H39N3O4/c1-17-12-24(18(2)19(3)26(17)36-20(4)33)30-27(34)25-14-22-11-10-21(15-31(8)9)13-23(22)16-32(25)28(35)29(5,6)7/h10-13,25H,14-16H2,1-9H3,(H,30,34)/t25-/m0/s1. The monoisotopic (exact) mass is 493 g/mol. The van der Waals surface area contributed by atoms with Crippen LogP contribution in [-0.4, -0.2) is 47.7 Å². The molecule has 0 bridgehead atoms. The maximum absolute atomic E-state index is 13.7. The molecule has 1 aliphatic heterocycles. The molecule has 7 heteroatoms. The van der Waals surface area contributed by atoms with Crippen LogP contribution in [0.1, 0.15) is 61.1 Å². The van der Waals surface area contributed by atoms with Gasteiger partial charge >= 0.3 is 5.97 Å². The maximum atomic E-state index is 13.7. The zero-order valence-electron chi connectivity index (χ0n) is 23.0. The Kier molecular flexibility index (Phi) is 7.94. The minimum atomic E-state index is -0.628. The van der Waals surface area contributed by atoms with Gasteiger partial charge in [-0.3, -0.25) is 14.4 Å². The largest absolute Gasteiger partial charge is 0.426 e. The Balaban J connectivity index is 1.96. The van der Waals surface area contributed by atoms with Crippen molar-refractivity contribution >= 4 is 23.5 Å². The average molecular weight is 494 g/mol. The fraction of sp³-hybridized carbons (Fsp3) is 0.483. The predicted molar refractivity (Wildman–Crippen MR) is 142 cm³/mol. The van der Waals surface area contributed by atoms with Crippen molar-refractivity contribution in [2.75, 3.05) is 19.4 Å². The van der Waals surface area contributed by atoms with Crippen LogP contribution in [0.25, 0.3) is 0 Å². The molecule has 0 fully saturated rings. The van der Waals surface area contributed by atoms with Gasteiger partial charge in [0.25, 0.3) is 0 Å². The summed E-state index contributed by atoms with van der Waals surface area (Å²) < 4.78 is 5.38. The van der Waals surface area contributed by atoms with Crippen LogP contribution in [0.5, 0.6) is 5.75 Å². The molecule has 0 spiro atoms. The molecule has 3 rings (SSSR count). The summed E-state index contributed by atoms with van der Waals surface area (Å²) in [5.74, 6) is -0.149. The highest BCUT2D eigenvalue weighted by Gasteiger charge is 2.39. The third-order valence-electron chi connectivity index (χ3n) is 6.63. The summed E-state index contributed by atoms with van der Waals surface area (Å²) in [6.45, 7) is 13.8. The molecule has 0 radical (unpaired) electrons. The first-order chi connectivity index (χ1) is 16.7. The molecule has 1 atom stereocenters. The topological polar surface area (TPSA) is 79.0 Å². The van der Waals surface area contributed by atoms with E-state index >= 15 is 0 Å². The second-order valence-corrected chi connectivity index (χ2v) is 11.1. The van der Waals surface area contributed by atoms with Crippen LogP contribution in [0, 0.1) is 26.2 Å². The van der Waals surface area contributed by atoms with Gasteiger partial charge in [-0.1, -0.05) is 39.0 Å². The number of fused-ring (bicyclic) bond motifs is 1. The molecular formula is C29H39N3O4. The number of carbonyl (C=O) groups excluding carboxylic acids is 3. The molecule has 2 aromatic rings. The highest BCUT2D eigenvalue weighted by atomic mass is 16.5. The molecule has 194 valence electrons. The van der Waals surface area contributed by atoms with Gasteiger partial charge in [0.05, 0.1) is 0 Å². The Morgan fingerprint density at radius 2 is 1.72 bits per heavy atom. The number of hydrogen-bond donors (Lipinski definition) is 1. The van der Waals surface area contributed by atoms with E-state index in [0.29, 0.717) is 24.4 Å². The van der Waals surface area contributed by atoms with Crippen LogP contribution in [-0.2, 0) is 33.9 Å². The lowest BCUT2D eigenvalue weighted by Gasteiger charge is -2.39. The zero-order valence-corrected chi connectivity index (χ0v) is 23.0. The first-order valence-electron chi connectivity index (χ1n) is 12.4. The number of benzene rings is 2.